The van der Waals surface area contributed by atoms with Crippen LogP contribution in [0, 0.1) is 11.3 Å². The van der Waals surface area contributed by atoms with E-state index in [-0.39, 0.29) is 23.6 Å². The maximum atomic E-state index is 12.6. The third-order valence-electron chi connectivity index (χ3n) is 4.51. The minimum Gasteiger partial charge on any atom is -0.348 e. The van der Waals surface area contributed by atoms with Gasteiger partial charge < -0.3 is 10.6 Å². The lowest BCUT2D eigenvalue weighted by Gasteiger charge is -2.08. The fourth-order valence-corrected chi connectivity index (χ4v) is 2.79. The van der Waals surface area contributed by atoms with Crippen LogP contribution in [0.2, 0.25) is 0 Å². The molecule has 0 unspecified atom stereocenters. The van der Waals surface area contributed by atoms with Crippen LogP contribution in [0.3, 0.4) is 0 Å². The number of nitrogens with one attached hydrogen (secondary N) is 2. The highest BCUT2D eigenvalue weighted by Crippen LogP contribution is 2.22. The van der Waals surface area contributed by atoms with Gasteiger partial charge in [0.25, 0.3) is 11.8 Å². The number of pyridine rings is 2. The van der Waals surface area contributed by atoms with Crippen molar-refractivity contribution in [3.63, 3.8) is 0 Å². The molecule has 7 nitrogen and oxygen atoms in total. The molecule has 29 heavy (non-hydrogen) atoms. The van der Waals surface area contributed by atoms with Crippen LogP contribution in [-0.2, 0) is 0 Å². The number of amides is 2. The molecular formula is C22H17N5O2. The fraction of sp³-hybridized carbons (Fsp3) is 0.136. The predicted molar refractivity (Wildman–Crippen MR) is 107 cm³/mol. The lowest BCUT2D eigenvalue weighted by molar-refractivity contribution is 0.0946. The van der Waals surface area contributed by atoms with E-state index < -0.39 is 0 Å². The van der Waals surface area contributed by atoms with Crippen LogP contribution in [0.5, 0.6) is 0 Å². The average molecular weight is 383 g/mol. The highest BCUT2D eigenvalue weighted by molar-refractivity contribution is 6.05. The smallest absolute Gasteiger partial charge is 0.270 e. The Bertz CT molecular complexity index is 1110. The molecule has 2 aromatic heterocycles. The van der Waals surface area contributed by atoms with Crippen molar-refractivity contribution in [1.29, 1.82) is 5.26 Å². The zero-order valence-corrected chi connectivity index (χ0v) is 15.4. The number of nitrogens with zero attached hydrogens (tertiary/aromatic N) is 3. The van der Waals surface area contributed by atoms with E-state index in [9.17, 15) is 9.59 Å². The summed E-state index contributed by atoms with van der Waals surface area (Å²) in [5.41, 5.74) is 3.35. The van der Waals surface area contributed by atoms with Gasteiger partial charge >= 0.3 is 0 Å². The van der Waals surface area contributed by atoms with Crippen LogP contribution in [0.15, 0.2) is 61.1 Å². The van der Waals surface area contributed by atoms with Crippen molar-refractivity contribution in [2.75, 3.05) is 5.32 Å². The number of carbonyl (C=O) groups excluding carboxylic acids is 2. The van der Waals surface area contributed by atoms with Gasteiger partial charge in [-0.1, -0.05) is 12.1 Å². The van der Waals surface area contributed by atoms with Crippen molar-refractivity contribution in [1.82, 2.24) is 15.3 Å². The summed E-state index contributed by atoms with van der Waals surface area (Å²) < 4.78 is 0. The first-order valence-corrected chi connectivity index (χ1v) is 9.16. The van der Waals surface area contributed by atoms with Crippen LogP contribution >= 0.6 is 0 Å². The maximum Gasteiger partial charge on any atom is 0.270 e. The van der Waals surface area contributed by atoms with E-state index in [0.717, 1.165) is 24.0 Å². The Hall–Kier alpha value is -4.05. The molecular weight excluding hydrogens is 366 g/mol. The van der Waals surface area contributed by atoms with Gasteiger partial charge in [0.05, 0.1) is 23.5 Å². The molecule has 0 atom stereocenters. The number of hydrogen-bond acceptors (Lipinski definition) is 5. The summed E-state index contributed by atoms with van der Waals surface area (Å²) in [5, 5.41) is 14.6. The van der Waals surface area contributed by atoms with Gasteiger partial charge in [-0.2, -0.15) is 5.26 Å². The normalized spacial score (nSPS) is 12.7. The molecule has 142 valence electrons. The molecule has 0 radical (unpaired) electrons. The molecule has 3 aromatic rings. The van der Waals surface area contributed by atoms with E-state index in [0.29, 0.717) is 16.8 Å². The van der Waals surface area contributed by atoms with E-state index in [1.54, 1.807) is 36.7 Å². The van der Waals surface area contributed by atoms with Gasteiger partial charge in [0.15, 0.2) is 0 Å². The second-order valence-electron chi connectivity index (χ2n) is 6.78. The van der Waals surface area contributed by atoms with Crippen LogP contribution in [0.1, 0.15) is 39.3 Å². The zero-order chi connectivity index (χ0) is 20.2. The number of carbonyl (C=O) groups is 2. The third-order valence-corrected chi connectivity index (χ3v) is 4.51. The van der Waals surface area contributed by atoms with E-state index >= 15 is 0 Å². The maximum absolute atomic E-state index is 12.6. The highest BCUT2D eigenvalue weighted by Gasteiger charge is 2.24. The summed E-state index contributed by atoms with van der Waals surface area (Å²) in [6.07, 6.45) is 6.64. The summed E-state index contributed by atoms with van der Waals surface area (Å²) in [7, 11) is 0. The average Bonchev–Trinajstić information content (AvgIpc) is 3.58. The lowest BCUT2D eigenvalue weighted by Crippen LogP contribution is -2.26. The zero-order valence-electron chi connectivity index (χ0n) is 15.4. The SMILES string of the molecule is N#Cc1ccc(-c2cncc(NC(=O)c3ccnc(C(=O)NC4CC4)c3)c2)cc1. The minimum absolute atomic E-state index is 0.217. The van der Waals surface area contributed by atoms with Crippen molar-refractivity contribution in [3.8, 4) is 17.2 Å². The van der Waals surface area contributed by atoms with Crippen LogP contribution in [0.4, 0.5) is 5.69 Å². The van der Waals surface area contributed by atoms with Crippen molar-refractivity contribution in [2.24, 2.45) is 0 Å². The second kappa shape index (κ2) is 7.90. The Kier molecular flexibility index (Phi) is 4.99. The molecule has 2 heterocycles. The number of aromatic nitrogens is 2. The van der Waals surface area contributed by atoms with Crippen molar-refractivity contribution in [2.45, 2.75) is 18.9 Å². The van der Waals surface area contributed by atoms with Gasteiger partial charge in [-0.05, 0) is 48.7 Å². The van der Waals surface area contributed by atoms with Crippen LogP contribution in [-0.4, -0.2) is 27.8 Å². The molecule has 0 bridgehead atoms. The van der Waals surface area contributed by atoms with E-state index in [2.05, 4.69) is 26.7 Å². The van der Waals surface area contributed by atoms with Gasteiger partial charge in [-0.3, -0.25) is 19.6 Å². The van der Waals surface area contributed by atoms with Crippen molar-refractivity contribution < 1.29 is 9.59 Å². The van der Waals surface area contributed by atoms with Crippen molar-refractivity contribution >= 4 is 17.5 Å². The molecule has 1 fully saturated rings. The minimum atomic E-state index is -0.355. The molecule has 2 N–H and O–H groups in total. The molecule has 0 spiro atoms. The van der Waals surface area contributed by atoms with Gasteiger partial charge in [-0.15, -0.1) is 0 Å². The summed E-state index contributed by atoms with van der Waals surface area (Å²) >= 11 is 0. The Balaban J connectivity index is 1.49. The van der Waals surface area contributed by atoms with E-state index in [1.165, 1.54) is 12.3 Å². The number of rotatable bonds is 5. The first-order valence-electron chi connectivity index (χ1n) is 9.16. The Morgan fingerprint density at radius 1 is 1.00 bits per heavy atom. The van der Waals surface area contributed by atoms with Crippen molar-refractivity contribution in [3.05, 3.63) is 77.9 Å². The number of anilines is 1. The molecule has 7 heteroatoms. The third kappa shape index (κ3) is 4.45. The molecule has 4 rings (SSSR count). The Labute approximate surface area is 167 Å². The molecule has 1 aliphatic carbocycles. The molecule has 0 saturated heterocycles. The monoisotopic (exact) mass is 383 g/mol. The predicted octanol–water partition coefficient (Wildman–Crippen LogP) is 3.16. The van der Waals surface area contributed by atoms with Gasteiger partial charge in [0.2, 0.25) is 0 Å². The second-order valence-corrected chi connectivity index (χ2v) is 6.78. The molecule has 2 amide bonds. The fourth-order valence-electron chi connectivity index (χ4n) is 2.79. The summed E-state index contributed by atoms with van der Waals surface area (Å²) in [5.74, 6) is -0.627. The summed E-state index contributed by atoms with van der Waals surface area (Å²) in [4.78, 5) is 33.0. The van der Waals surface area contributed by atoms with Gasteiger partial charge in [0.1, 0.15) is 5.69 Å². The largest absolute Gasteiger partial charge is 0.348 e. The standard InChI is InChI=1S/C22H17N5O2/c23-11-14-1-3-15(4-2-14)17-9-19(13-24-12-17)27-21(28)16-7-8-25-20(10-16)22(29)26-18-5-6-18/h1-4,7-10,12-13,18H,5-6H2,(H,26,29)(H,27,28). The quantitative estimate of drug-likeness (QED) is 0.704. The molecule has 1 saturated carbocycles. The van der Waals surface area contributed by atoms with E-state index in [4.69, 9.17) is 5.26 Å². The van der Waals surface area contributed by atoms with Crippen LogP contribution in [0.25, 0.3) is 11.1 Å². The Morgan fingerprint density at radius 2 is 1.79 bits per heavy atom. The Morgan fingerprint density at radius 3 is 2.52 bits per heavy atom. The van der Waals surface area contributed by atoms with Crippen LogP contribution < -0.4 is 10.6 Å². The first kappa shape index (κ1) is 18.3. The number of nitriles is 1. The number of hydrogen-bond donors (Lipinski definition) is 2. The van der Waals surface area contributed by atoms with Gasteiger partial charge in [0, 0.05) is 29.6 Å². The lowest BCUT2D eigenvalue weighted by atomic mass is 10.1. The number of benzene rings is 1. The summed E-state index contributed by atoms with van der Waals surface area (Å²) in [6, 6.07) is 14.2. The first-order chi connectivity index (χ1) is 14.1. The molecule has 0 aliphatic heterocycles. The van der Waals surface area contributed by atoms with E-state index in [1.807, 2.05) is 12.1 Å². The topological polar surface area (TPSA) is 108 Å². The highest BCUT2D eigenvalue weighted by atomic mass is 16.2. The summed E-state index contributed by atoms with van der Waals surface area (Å²) in [6.45, 7) is 0. The molecule has 1 aliphatic rings. The van der Waals surface area contributed by atoms with Gasteiger partial charge in [-0.25, -0.2) is 0 Å². The molecule has 1 aromatic carbocycles.